The second-order valence-corrected chi connectivity index (χ2v) is 4.56. The summed E-state index contributed by atoms with van der Waals surface area (Å²) < 4.78 is 12.4. The molecular formula is C14H21N3O2. The highest BCUT2D eigenvalue weighted by atomic mass is 16.5. The highest BCUT2D eigenvalue weighted by Crippen LogP contribution is 2.15. The molecule has 5 heteroatoms. The minimum atomic E-state index is 0.324. The Morgan fingerprint density at radius 3 is 3.11 bits per heavy atom. The van der Waals surface area contributed by atoms with E-state index in [1.165, 1.54) is 5.69 Å². The molecule has 0 radical (unpaired) electrons. The van der Waals surface area contributed by atoms with Crippen LogP contribution in [0.2, 0.25) is 0 Å². The molecule has 0 bridgehead atoms. The Balaban J connectivity index is 2.08. The third kappa shape index (κ3) is 3.45. The Morgan fingerprint density at radius 2 is 2.37 bits per heavy atom. The molecule has 0 saturated heterocycles. The van der Waals surface area contributed by atoms with Crippen LogP contribution in [0.1, 0.15) is 37.0 Å². The van der Waals surface area contributed by atoms with Gasteiger partial charge in [0.05, 0.1) is 6.54 Å². The van der Waals surface area contributed by atoms with E-state index in [1.54, 1.807) is 7.11 Å². The third-order valence-corrected chi connectivity index (χ3v) is 3.05. The molecule has 104 valence electrons. The van der Waals surface area contributed by atoms with Crippen LogP contribution in [0.4, 0.5) is 0 Å². The number of hydrogen-bond acceptors (Lipinski definition) is 4. The van der Waals surface area contributed by atoms with E-state index in [1.807, 2.05) is 6.07 Å². The summed E-state index contributed by atoms with van der Waals surface area (Å²) in [5, 5.41) is 7.47. The van der Waals surface area contributed by atoms with E-state index in [0.29, 0.717) is 19.2 Å². The second kappa shape index (κ2) is 6.54. The molecule has 0 aromatic carbocycles. The lowest BCUT2D eigenvalue weighted by molar-refractivity contribution is 0.155. The first kappa shape index (κ1) is 13.8. The second-order valence-electron chi connectivity index (χ2n) is 4.56. The number of aromatic nitrogens is 2. The van der Waals surface area contributed by atoms with Crippen LogP contribution in [0.5, 0.6) is 0 Å². The molecule has 0 aliphatic rings. The van der Waals surface area contributed by atoms with Gasteiger partial charge in [-0.25, -0.2) is 0 Å². The normalized spacial score (nSPS) is 12.8. The van der Waals surface area contributed by atoms with Crippen molar-refractivity contribution in [1.29, 1.82) is 0 Å². The molecule has 19 heavy (non-hydrogen) atoms. The topological polar surface area (TPSA) is 52.2 Å². The number of nitrogens with one attached hydrogen (secondary N) is 1. The van der Waals surface area contributed by atoms with Crippen molar-refractivity contribution < 1.29 is 9.26 Å². The minimum Gasteiger partial charge on any atom is -0.377 e. The van der Waals surface area contributed by atoms with Crippen molar-refractivity contribution in [3.05, 3.63) is 41.5 Å². The molecule has 2 aromatic rings. The van der Waals surface area contributed by atoms with Gasteiger partial charge in [0.1, 0.15) is 12.3 Å². The van der Waals surface area contributed by atoms with Crippen molar-refractivity contribution in [1.82, 2.24) is 15.0 Å². The molecule has 2 heterocycles. The van der Waals surface area contributed by atoms with Crippen molar-refractivity contribution in [3.63, 3.8) is 0 Å². The number of ether oxygens (including phenoxy) is 1. The van der Waals surface area contributed by atoms with E-state index in [4.69, 9.17) is 9.26 Å². The van der Waals surface area contributed by atoms with Gasteiger partial charge in [-0.15, -0.1) is 0 Å². The fourth-order valence-electron chi connectivity index (χ4n) is 2.19. The van der Waals surface area contributed by atoms with Gasteiger partial charge in [-0.05, 0) is 25.6 Å². The summed E-state index contributed by atoms with van der Waals surface area (Å²) in [5.41, 5.74) is 2.16. The highest BCUT2D eigenvalue weighted by Gasteiger charge is 2.11. The molecule has 1 unspecified atom stereocenters. The van der Waals surface area contributed by atoms with E-state index in [0.717, 1.165) is 18.0 Å². The first-order valence-electron chi connectivity index (χ1n) is 6.56. The van der Waals surface area contributed by atoms with Gasteiger partial charge in [-0.3, -0.25) is 0 Å². The quantitative estimate of drug-likeness (QED) is 0.833. The highest BCUT2D eigenvalue weighted by molar-refractivity contribution is 5.14. The zero-order valence-corrected chi connectivity index (χ0v) is 11.7. The van der Waals surface area contributed by atoms with Crippen molar-refractivity contribution >= 4 is 0 Å². The SMILES string of the molecule is CCNC(C)c1cccn1Cc1cc(COC)on1. The zero-order chi connectivity index (χ0) is 13.7. The van der Waals surface area contributed by atoms with Crippen LogP contribution in [0.25, 0.3) is 0 Å². The molecule has 5 nitrogen and oxygen atoms in total. The summed E-state index contributed by atoms with van der Waals surface area (Å²) in [6, 6.07) is 6.44. The minimum absolute atomic E-state index is 0.324. The van der Waals surface area contributed by atoms with Crippen LogP contribution in [-0.2, 0) is 17.9 Å². The van der Waals surface area contributed by atoms with Gasteiger partial charge in [0.25, 0.3) is 0 Å². The van der Waals surface area contributed by atoms with Gasteiger partial charge in [0, 0.05) is 31.1 Å². The summed E-state index contributed by atoms with van der Waals surface area (Å²) in [5.74, 6) is 0.755. The standard InChI is InChI=1S/C14H21N3O2/c1-4-15-11(2)14-6-5-7-17(14)9-12-8-13(10-18-3)19-16-12/h5-8,11,15H,4,9-10H2,1-3H3. The van der Waals surface area contributed by atoms with E-state index in [2.05, 4.69) is 47.2 Å². The lowest BCUT2D eigenvalue weighted by atomic mass is 10.2. The van der Waals surface area contributed by atoms with Crippen molar-refractivity contribution in [2.75, 3.05) is 13.7 Å². The molecule has 0 amide bonds. The predicted octanol–water partition coefficient (Wildman–Crippen LogP) is 2.34. The van der Waals surface area contributed by atoms with Gasteiger partial charge >= 0.3 is 0 Å². The number of hydrogen-bond donors (Lipinski definition) is 1. The van der Waals surface area contributed by atoms with E-state index in [9.17, 15) is 0 Å². The van der Waals surface area contributed by atoms with Crippen LogP contribution in [0.15, 0.2) is 28.9 Å². The van der Waals surface area contributed by atoms with Crippen LogP contribution < -0.4 is 5.32 Å². The predicted molar refractivity (Wildman–Crippen MR) is 72.8 cm³/mol. The Bertz CT molecular complexity index is 504. The number of methoxy groups -OCH3 is 1. The Hall–Kier alpha value is -1.59. The lowest BCUT2D eigenvalue weighted by Crippen LogP contribution is -2.20. The van der Waals surface area contributed by atoms with Crippen LogP contribution >= 0.6 is 0 Å². The Labute approximate surface area is 113 Å². The molecule has 2 aromatic heterocycles. The van der Waals surface area contributed by atoms with Crippen LogP contribution in [-0.4, -0.2) is 23.4 Å². The maximum absolute atomic E-state index is 5.20. The molecule has 0 aliphatic carbocycles. The monoisotopic (exact) mass is 263 g/mol. The molecular weight excluding hydrogens is 242 g/mol. The van der Waals surface area contributed by atoms with E-state index < -0.39 is 0 Å². The van der Waals surface area contributed by atoms with E-state index in [-0.39, 0.29) is 0 Å². The van der Waals surface area contributed by atoms with Crippen LogP contribution in [0, 0.1) is 0 Å². The van der Waals surface area contributed by atoms with Gasteiger partial charge < -0.3 is 19.1 Å². The van der Waals surface area contributed by atoms with Crippen molar-refractivity contribution in [3.8, 4) is 0 Å². The Morgan fingerprint density at radius 1 is 1.53 bits per heavy atom. The zero-order valence-electron chi connectivity index (χ0n) is 11.7. The largest absolute Gasteiger partial charge is 0.377 e. The molecule has 0 fully saturated rings. The average molecular weight is 263 g/mol. The van der Waals surface area contributed by atoms with Gasteiger partial charge in [0.15, 0.2) is 5.76 Å². The molecule has 0 saturated carbocycles. The van der Waals surface area contributed by atoms with E-state index >= 15 is 0 Å². The first-order valence-corrected chi connectivity index (χ1v) is 6.56. The number of rotatable bonds is 7. The summed E-state index contributed by atoms with van der Waals surface area (Å²) in [7, 11) is 1.64. The summed E-state index contributed by atoms with van der Waals surface area (Å²) in [6.45, 7) is 6.39. The molecule has 0 aliphatic heterocycles. The van der Waals surface area contributed by atoms with Gasteiger partial charge in [-0.1, -0.05) is 12.1 Å². The summed E-state index contributed by atoms with van der Waals surface area (Å²) in [6.07, 6.45) is 2.06. The maximum atomic E-state index is 5.20. The maximum Gasteiger partial charge on any atom is 0.162 e. The smallest absolute Gasteiger partial charge is 0.162 e. The Kier molecular flexibility index (Phi) is 4.76. The van der Waals surface area contributed by atoms with Crippen molar-refractivity contribution in [2.24, 2.45) is 0 Å². The first-order chi connectivity index (χ1) is 9.24. The fraction of sp³-hybridized carbons (Fsp3) is 0.500. The lowest BCUT2D eigenvalue weighted by Gasteiger charge is -2.15. The average Bonchev–Trinajstić information content (AvgIpc) is 3.00. The molecule has 1 atom stereocenters. The van der Waals surface area contributed by atoms with Crippen molar-refractivity contribution in [2.45, 2.75) is 33.0 Å². The molecule has 2 rings (SSSR count). The summed E-state index contributed by atoms with van der Waals surface area (Å²) in [4.78, 5) is 0. The number of nitrogens with zero attached hydrogens (tertiary/aromatic N) is 2. The fourth-order valence-corrected chi connectivity index (χ4v) is 2.19. The molecule has 0 spiro atoms. The van der Waals surface area contributed by atoms with Gasteiger partial charge in [0.2, 0.25) is 0 Å². The third-order valence-electron chi connectivity index (χ3n) is 3.05. The molecule has 1 N–H and O–H groups in total. The summed E-state index contributed by atoms with van der Waals surface area (Å²) >= 11 is 0. The van der Waals surface area contributed by atoms with Crippen LogP contribution in [0.3, 0.4) is 0 Å². The van der Waals surface area contributed by atoms with Gasteiger partial charge in [-0.2, -0.15) is 0 Å².